The molecule has 0 amide bonds. The van der Waals surface area contributed by atoms with Gasteiger partial charge in [0, 0.05) is 11.2 Å². The van der Waals surface area contributed by atoms with Crippen molar-refractivity contribution in [2.24, 2.45) is 0 Å². The largest absolute Gasteiger partial charge is 0.481 e. The van der Waals surface area contributed by atoms with Crippen molar-refractivity contribution >= 4 is 23.3 Å². The summed E-state index contributed by atoms with van der Waals surface area (Å²) in [7, 11) is 0. The monoisotopic (exact) mass is 245 g/mol. The number of nitrogens with one attached hydrogen (secondary N) is 1. The molecule has 0 spiro atoms. The third kappa shape index (κ3) is 3.70. The van der Waals surface area contributed by atoms with Gasteiger partial charge in [-0.1, -0.05) is 11.6 Å². The molecule has 2 N–H and O–H groups in total. The maximum absolute atomic E-state index is 12.9. The van der Waals surface area contributed by atoms with Gasteiger partial charge in [0.1, 0.15) is 5.82 Å². The van der Waals surface area contributed by atoms with E-state index in [-0.39, 0.29) is 11.4 Å². The average Bonchev–Trinajstić information content (AvgIpc) is 2.08. The van der Waals surface area contributed by atoms with Gasteiger partial charge < -0.3 is 10.4 Å². The molecule has 0 atom stereocenters. The fourth-order valence-electron chi connectivity index (χ4n) is 1.39. The molecule has 0 bridgehead atoms. The molecular weight excluding hydrogens is 233 g/mol. The van der Waals surface area contributed by atoms with Crippen LogP contribution >= 0.6 is 11.6 Å². The van der Waals surface area contributed by atoms with E-state index < -0.39 is 17.3 Å². The van der Waals surface area contributed by atoms with Crippen LogP contribution in [0.15, 0.2) is 18.2 Å². The first kappa shape index (κ1) is 12.8. The number of carboxylic acid groups (broad SMARTS) is 1. The van der Waals surface area contributed by atoms with Crippen molar-refractivity contribution in [3.63, 3.8) is 0 Å². The highest BCUT2D eigenvalue weighted by Crippen LogP contribution is 2.23. The van der Waals surface area contributed by atoms with Crippen molar-refractivity contribution in [3.8, 4) is 0 Å². The lowest BCUT2D eigenvalue weighted by Crippen LogP contribution is -2.33. The smallest absolute Gasteiger partial charge is 0.305 e. The summed E-state index contributed by atoms with van der Waals surface area (Å²) in [5, 5.41) is 11.7. The predicted octanol–water partition coefficient (Wildman–Crippen LogP) is 3.14. The molecule has 0 aliphatic rings. The van der Waals surface area contributed by atoms with Crippen LogP contribution in [0.1, 0.15) is 20.3 Å². The Morgan fingerprint density at radius 3 is 2.69 bits per heavy atom. The Kier molecular flexibility index (Phi) is 3.75. The van der Waals surface area contributed by atoms with E-state index in [9.17, 15) is 9.18 Å². The van der Waals surface area contributed by atoms with Gasteiger partial charge in [0.25, 0.3) is 0 Å². The Balaban J connectivity index is 2.79. The van der Waals surface area contributed by atoms with E-state index in [0.29, 0.717) is 5.69 Å². The molecule has 0 aliphatic heterocycles. The van der Waals surface area contributed by atoms with Gasteiger partial charge in [0.15, 0.2) is 0 Å². The van der Waals surface area contributed by atoms with Crippen LogP contribution in [0, 0.1) is 5.82 Å². The second kappa shape index (κ2) is 4.70. The van der Waals surface area contributed by atoms with Gasteiger partial charge in [-0.3, -0.25) is 4.79 Å². The topological polar surface area (TPSA) is 49.3 Å². The van der Waals surface area contributed by atoms with Crippen LogP contribution in [-0.4, -0.2) is 16.6 Å². The molecule has 0 unspecified atom stereocenters. The molecule has 5 heteroatoms. The molecule has 0 radical (unpaired) electrons. The first-order chi connectivity index (χ1) is 7.30. The van der Waals surface area contributed by atoms with Gasteiger partial charge in [-0.15, -0.1) is 0 Å². The summed E-state index contributed by atoms with van der Waals surface area (Å²) in [6, 6.07) is 4.19. The van der Waals surface area contributed by atoms with E-state index in [1.807, 2.05) is 0 Å². The molecule has 0 fully saturated rings. The zero-order chi connectivity index (χ0) is 12.3. The maximum Gasteiger partial charge on any atom is 0.305 e. The SMILES string of the molecule is CC(C)(CC(=O)O)Nc1ccc(F)c(Cl)c1. The molecule has 1 rings (SSSR count). The predicted molar refractivity (Wildman–Crippen MR) is 61.4 cm³/mol. The van der Waals surface area contributed by atoms with Crippen LogP contribution < -0.4 is 5.32 Å². The third-order valence-electron chi connectivity index (χ3n) is 2.00. The van der Waals surface area contributed by atoms with Crippen molar-refractivity contribution in [1.29, 1.82) is 0 Å². The fourth-order valence-corrected chi connectivity index (χ4v) is 1.57. The van der Waals surface area contributed by atoms with Crippen molar-refractivity contribution in [2.75, 3.05) is 5.32 Å². The first-order valence-corrected chi connectivity index (χ1v) is 5.13. The number of halogens is 2. The van der Waals surface area contributed by atoms with Crippen LogP contribution in [0.4, 0.5) is 10.1 Å². The summed E-state index contributed by atoms with van der Waals surface area (Å²) in [6.45, 7) is 3.50. The summed E-state index contributed by atoms with van der Waals surface area (Å²) in [4.78, 5) is 10.6. The summed E-state index contributed by atoms with van der Waals surface area (Å²) < 4.78 is 12.9. The second-order valence-corrected chi connectivity index (χ2v) is 4.62. The van der Waals surface area contributed by atoms with Gasteiger partial charge in [0.2, 0.25) is 0 Å². The Morgan fingerprint density at radius 1 is 1.56 bits per heavy atom. The highest BCUT2D eigenvalue weighted by atomic mass is 35.5. The van der Waals surface area contributed by atoms with E-state index in [0.717, 1.165) is 0 Å². The molecule has 0 saturated heterocycles. The quantitative estimate of drug-likeness (QED) is 0.857. The third-order valence-corrected chi connectivity index (χ3v) is 2.29. The molecule has 1 aromatic rings. The zero-order valence-electron chi connectivity index (χ0n) is 9.05. The number of aliphatic carboxylic acids is 1. The molecule has 0 aliphatic carbocycles. The van der Waals surface area contributed by atoms with Crippen molar-refractivity contribution < 1.29 is 14.3 Å². The second-order valence-electron chi connectivity index (χ2n) is 4.21. The lowest BCUT2D eigenvalue weighted by Gasteiger charge is -2.25. The normalized spacial score (nSPS) is 11.2. The van der Waals surface area contributed by atoms with Crippen molar-refractivity contribution in [1.82, 2.24) is 0 Å². The van der Waals surface area contributed by atoms with Crippen molar-refractivity contribution in [2.45, 2.75) is 25.8 Å². The van der Waals surface area contributed by atoms with Crippen LogP contribution in [0.3, 0.4) is 0 Å². The fraction of sp³-hybridized carbons (Fsp3) is 0.364. The molecule has 0 aromatic heterocycles. The lowest BCUT2D eigenvalue weighted by molar-refractivity contribution is -0.137. The molecule has 0 heterocycles. The van der Waals surface area contributed by atoms with Gasteiger partial charge in [0.05, 0.1) is 11.4 Å². The van der Waals surface area contributed by atoms with E-state index in [4.69, 9.17) is 16.7 Å². The van der Waals surface area contributed by atoms with Gasteiger partial charge in [-0.25, -0.2) is 4.39 Å². The molecule has 16 heavy (non-hydrogen) atoms. The number of benzene rings is 1. The number of hydrogen-bond donors (Lipinski definition) is 2. The number of carboxylic acids is 1. The summed E-state index contributed by atoms with van der Waals surface area (Å²) in [6.07, 6.45) is -0.0397. The highest BCUT2D eigenvalue weighted by molar-refractivity contribution is 6.31. The Hall–Kier alpha value is -1.29. The first-order valence-electron chi connectivity index (χ1n) is 4.75. The van der Waals surface area contributed by atoms with Gasteiger partial charge >= 0.3 is 5.97 Å². The molecule has 88 valence electrons. The molecule has 1 aromatic carbocycles. The van der Waals surface area contributed by atoms with E-state index >= 15 is 0 Å². The van der Waals surface area contributed by atoms with E-state index in [1.54, 1.807) is 13.8 Å². The molecule has 3 nitrogen and oxygen atoms in total. The number of carbonyl (C=O) groups is 1. The minimum Gasteiger partial charge on any atom is -0.481 e. The number of hydrogen-bond acceptors (Lipinski definition) is 2. The molecular formula is C11H13ClFNO2. The lowest BCUT2D eigenvalue weighted by atomic mass is 10.0. The van der Waals surface area contributed by atoms with Crippen molar-refractivity contribution in [3.05, 3.63) is 29.0 Å². The van der Waals surface area contributed by atoms with Crippen LogP contribution in [0.5, 0.6) is 0 Å². The Bertz CT molecular complexity index is 407. The zero-order valence-corrected chi connectivity index (χ0v) is 9.81. The molecule has 0 saturated carbocycles. The Morgan fingerprint density at radius 2 is 2.19 bits per heavy atom. The highest BCUT2D eigenvalue weighted by Gasteiger charge is 2.21. The maximum atomic E-state index is 12.9. The standard InChI is InChI=1S/C11H13ClFNO2/c1-11(2,6-10(15)16)14-7-3-4-9(13)8(12)5-7/h3-5,14H,6H2,1-2H3,(H,15,16). The van der Waals surface area contributed by atoms with E-state index in [1.165, 1.54) is 18.2 Å². The average molecular weight is 246 g/mol. The summed E-state index contributed by atoms with van der Waals surface area (Å²) in [5.74, 6) is -1.39. The minimum absolute atomic E-state index is 0.0103. The summed E-state index contributed by atoms with van der Waals surface area (Å²) >= 11 is 5.62. The number of rotatable bonds is 4. The van der Waals surface area contributed by atoms with Crippen LogP contribution in [0.2, 0.25) is 5.02 Å². The summed E-state index contributed by atoms with van der Waals surface area (Å²) in [5.41, 5.74) is -0.0230. The minimum atomic E-state index is -0.897. The van der Waals surface area contributed by atoms with E-state index in [2.05, 4.69) is 5.32 Å². The number of anilines is 1. The van der Waals surface area contributed by atoms with Crippen LogP contribution in [-0.2, 0) is 4.79 Å². The van der Waals surface area contributed by atoms with Gasteiger partial charge in [-0.2, -0.15) is 0 Å². The van der Waals surface area contributed by atoms with Gasteiger partial charge in [-0.05, 0) is 32.0 Å². The van der Waals surface area contributed by atoms with Crippen LogP contribution in [0.25, 0.3) is 0 Å². The Labute approximate surface area is 98.2 Å².